The maximum atomic E-state index is 13.7. The van der Waals surface area contributed by atoms with Crippen molar-refractivity contribution in [3.8, 4) is 0 Å². The van der Waals surface area contributed by atoms with Gasteiger partial charge in [-0.25, -0.2) is 0 Å². The largest absolute Gasteiger partial charge is 0.349 e. The van der Waals surface area contributed by atoms with Crippen LogP contribution >= 0.6 is 11.8 Å². The Morgan fingerprint density at radius 2 is 1.74 bits per heavy atom. The summed E-state index contributed by atoms with van der Waals surface area (Å²) >= 11 is 1.75. The third-order valence-corrected chi connectivity index (χ3v) is 9.28. The quantitative estimate of drug-likeness (QED) is 0.309. The van der Waals surface area contributed by atoms with E-state index < -0.39 is 0 Å². The van der Waals surface area contributed by atoms with Crippen molar-refractivity contribution in [2.24, 2.45) is 0 Å². The van der Waals surface area contributed by atoms with Crippen LogP contribution in [0.1, 0.15) is 71.6 Å². The SMILES string of the molecule is CCC(Cc1ccccc1)NC(=O)c1ccc(/C=C2/SC3CCCCC3N(Cc3cccc(C)c3)C2=O)cc1. The highest BCUT2D eigenvalue weighted by Gasteiger charge is 2.40. The van der Waals surface area contributed by atoms with E-state index in [2.05, 4.69) is 60.5 Å². The van der Waals surface area contributed by atoms with Crippen molar-refractivity contribution in [3.63, 3.8) is 0 Å². The third-order valence-electron chi connectivity index (χ3n) is 7.88. The number of aryl methyl sites for hydroxylation is 1. The van der Waals surface area contributed by atoms with Gasteiger partial charge in [-0.3, -0.25) is 9.59 Å². The summed E-state index contributed by atoms with van der Waals surface area (Å²) in [7, 11) is 0. The van der Waals surface area contributed by atoms with Gasteiger partial charge in [-0.1, -0.05) is 92.1 Å². The number of thioether (sulfide) groups is 1. The molecule has 1 saturated carbocycles. The molecule has 4 nitrogen and oxygen atoms in total. The molecule has 0 aromatic heterocycles. The molecule has 2 aliphatic rings. The molecule has 0 bridgehead atoms. The molecular weight excluding hydrogens is 500 g/mol. The molecule has 1 saturated heterocycles. The Morgan fingerprint density at radius 3 is 2.49 bits per heavy atom. The van der Waals surface area contributed by atoms with E-state index in [1.807, 2.05) is 48.5 Å². The highest BCUT2D eigenvalue weighted by atomic mass is 32.2. The number of benzene rings is 3. The zero-order valence-corrected chi connectivity index (χ0v) is 23.8. The smallest absolute Gasteiger partial charge is 0.260 e. The number of carbonyl (C=O) groups excluding carboxylic acids is 2. The Hall–Kier alpha value is -3.31. The van der Waals surface area contributed by atoms with Gasteiger partial charge in [-0.15, -0.1) is 11.8 Å². The fourth-order valence-corrected chi connectivity index (χ4v) is 7.19. The first-order chi connectivity index (χ1) is 19.0. The molecule has 1 aliphatic carbocycles. The lowest BCUT2D eigenvalue weighted by Gasteiger charge is -2.44. The van der Waals surface area contributed by atoms with E-state index in [4.69, 9.17) is 0 Å². The van der Waals surface area contributed by atoms with Crippen LogP contribution in [0.25, 0.3) is 6.08 Å². The zero-order chi connectivity index (χ0) is 27.2. The highest BCUT2D eigenvalue weighted by molar-refractivity contribution is 8.04. The summed E-state index contributed by atoms with van der Waals surface area (Å²) in [6, 6.07) is 26.7. The van der Waals surface area contributed by atoms with E-state index in [1.54, 1.807) is 11.8 Å². The molecule has 1 N–H and O–H groups in total. The van der Waals surface area contributed by atoms with E-state index in [-0.39, 0.29) is 17.9 Å². The minimum atomic E-state index is -0.0607. The zero-order valence-electron chi connectivity index (χ0n) is 22.9. The Morgan fingerprint density at radius 1 is 1.00 bits per heavy atom. The fraction of sp³-hybridized carbons (Fsp3) is 0.353. The van der Waals surface area contributed by atoms with Crippen molar-refractivity contribution in [3.05, 3.63) is 112 Å². The summed E-state index contributed by atoms with van der Waals surface area (Å²) in [5.74, 6) is 0.0626. The number of amides is 2. The average molecular weight is 539 g/mol. The second-order valence-corrected chi connectivity index (χ2v) is 12.1. The Bertz CT molecular complexity index is 1320. The first-order valence-corrected chi connectivity index (χ1v) is 15.1. The lowest BCUT2D eigenvalue weighted by molar-refractivity contribution is -0.130. The second kappa shape index (κ2) is 12.7. The Kier molecular flexibility index (Phi) is 8.88. The first-order valence-electron chi connectivity index (χ1n) is 14.2. The summed E-state index contributed by atoms with van der Waals surface area (Å²) in [6.45, 7) is 4.85. The van der Waals surface area contributed by atoms with Crippen molar-refractivity contribution in [1.82, 2.24) is 10.2 Å². The van der Waals surface area contributed by atoms with Gasteiger partial charge in [-0.05, 0) is 67.5 Å². The van der Waals surface area contributed by atoms with Crippen molar-refractivity contribution < 1.29 is 9.59 Å². The molecule has 202 valence electrons. The van der Waals surface area contributed by atoms with Gasteiger partial charge in [0.25, 0.3) is 11.8 Å². The lowest BCUT2D eigenvalue weighted by atomic mass is 9.92. The molecule has 1 heterocycles. The molecule has 0 radical (unpaired) electrons. The minimum absolute atomic E-state index is 0.0607. The van der Waals surface area contributed by atoms with Crippen LogP contribution in [-0.4, -0.2) is 34.0 Å². The van der Waals surface area contributed by atoms with Crippen LogP contribution in [0, 0.1) is 6.92 Å². The Balaban J connectivity index is 1.29. The van der Waals surface area contributed by atoms with Crippen LogP contribution in [0.2, 0.25) is 0 Å². The van der Waals surface area contributed by atoms with E-state index >= 15 is 0 Å². The number of hydrogen-bond donors (Lipinski definition) is 1. The molecule has 0 spiro atoms. The monoisotopic (exact) mass is 538 g/mol. The predicted octanol–water partition coefficient (Wildman–Crippen LogP) is 7.17. The van der Waals surface area contributed by atoms with Crippen LogP contribution in [0.5, 0.6) is 0 Å². The lowest BCUT2D eigenvalue weighted by Crippen LogP contribution is -2.50. The molecule has 3 aromatic carbocycles. The fourth-order valence-electron chi connectivity index (χ4n) is 5.72. The average Bonchev–Trinajstić information content (AvgIpc) is 2.96. The molecule has 39 heavy (non-hydrogen) atoms. The van der Waals surface area contributed by atoms with Gasteiger partial charge in [0.2, 0.25) is 0 Å². The van der Waals surface area contributed by atoms with Crippen LogP contribution in [0.15, 0.2) is 83.8 Å². The van der Waals surface area contributed by atoms with Gasteiger partial charge in [0.15, 0.2) is 0 Å². The molecule has 2 fully saturated rings. The summed E-state index contributed by atoms with van der Waals surface area (Å²) < 4.78 is 0. The third kappa shape index (κ3) is 6.83. The minimum Gasteiger partial charge on any atom is -0.349 e. The summed E-state index contributed by atoms with van der Waals surface area (Å²) in [4.78, 5) is 29.6. The molecule has 1 aliphatic heterocycles. The molecule has 5 rings (SSSR count). The standard InChI is InChI=1S/C34H38N2O2S/c1-3-29(21-25-11-5-4-6-12-25)35-33(37)28-18-16-26(17-19-28)22-32-34(38)36(23-27-13-9-10-24(2)20-27)30-14-7-8-15-31(30)39-32/h4-6,9-13,16-20,22,29-31H,3,7-8,14-15,21,23H2,1-2H3,(H,35,37)/b32-22+. The van der Waals surface area contributed by atoms with Gasteiger partial charge in [0, 0.05) is 29.4 Å². The Labute approximate surface area is 236 Å². The number of rotatable bonds is 8. The van der Waals surface area contributed by atoms with Gasteiger partial charge in [0.05, 0.1) is 4.91 Å². The number of nitrogens with one attached hydrogen (secondary N) is 1. The van der Waals surface area contributed by atoms with Gasteiger partial charge >= 0.3 is 0 Å². The summed E-state index contributed by atoms with van der Waals surface area (Å²) in [5.41, 5.74) is 5.21. The molecule has 5 heteroatoms. The molecule has 2 amide bonds. The summed E-state index contributed by atoms with van der Waals surface area (Å²) in [6.07, 6.45) is 8.32. The number of hydrogen-bond acceptors (Lipinski definition) is 3. The van der Waals surface area contributed by atoms with E-state index in [9.17, 15) is 9.59 Å². The van der Waals surface area contributed by atoms with Gasteiger partial charge in [-0.2, -0.15) is 0 Å². The summed E-state index contributed by atoms with van der Waals surface area (Å²) in [5, 5.41) is 3.62. The topological polar surface area (TPSA) is 49.4 Å². The van der Waals surface area contributed by atoms with Crippen molar-refractivity contribution in [1.29, 1.82) is 0 Å². The predicted molar refractivity (Wildman–Crippen MR) is 161 cm³/mol. The van der Waals surface area contributed by atoms with Crippen molar-refractivity contribution in [2.45, 2.75) is 76.3 Å². The first kappa shape index (κ1) is 27.3. The van der Waals surface area contributed by atoms with Crippen LogP contribution in [-0.2, 0) is 17.8 Å². The number of fused-ring (bicyclic) bond motifs is 1. The van der Waals surface area contributed by atoms with E-state index in [0.717, 1.165) is 36.2 Å². The molecular formula is C34H38N2O2S. The molecule has 3 aromatic rings. The van der Waals surface area contributed by atoms with E-state index in [0.29, 0.717) is 23.4 Å². The van der Waals surface area contributed by atoms with Gasteiger partial charge in [0.1, 0.15) is 0 Å². The highest BCUT2D eigenvalue weighted by Crippen LogP contribution is 2.42. The maximum absolute atomic E-state index is 13.7. The van der Waals surface area contributed by atoms with E-state index in [1.165, 1.54) is 29.5 Å². The van der Waals surface area contributed by atoms with Crippen LogP contribution < -0.4 is 5.32 Å². The number of carbonyl (C=O) groups is 2. The molecule has 3 unspecified atom stereocenters. The van der Waals surface area contributed by atoms with Crippen LogP contribution in [0.3, 0.4) is 0 Å². The number of nitrogens with zero attached hydrogens (tertiary/aromatic N) is 1. The normalized spacial score (nSPS) is 20.9. The van der Waals surface area contributed by atoms with Gasteiger partial charge < -0.3 is 10.2 Å². The second-order valence-electron chi connectivity index (χ2n) is 10.8. The van der Waals surface area contributed by atoms with Crippen molar-refractivity contribution in [2.75, 3.05) is 0 Å². The maximum Gasteiger partial charge on any atom is 0.260 e. The molecule has 3 atom stereocenters. The van der Waals surface area contributed by atoms with Crippen LogP contribution in [0.4, 0.5) is 0 Å². The van der Waals surface area contributed by atoms with Crippen molar-refractivity contribution >= 4 is 29.7 Å².